The highest BCUT2D eigenvalue weighted by molar-refractivity contribution is 5.26. The van der Waals surface area contributed by atoms with Crippen molar-refractivity contribution in [1.29, 1.82) is 0 Å². The average Bonchev–Trinajstić information content (AvgIpc) is 2.49. The lowest BCUT2D eigenvalue weighted by atomic mass is 10.1. The Labute approximate surface area is 127 Å². The van der Waals surface area contributed by atoms with E-state index in [1.54, 1.807) is 0 Å². The summed E-state index contributed by atoms with van der Waals surface area (Å²) >= 11 is 0. The summed E-state index contributed by atoms with van der Waals surface area (Å²) < 4.78 is 37.5. The van der Waals surface area contributed by atoms with Crippen LogP contribution in [0, 0.1) is 0 Å². The number of hydrogen-bond acceptors (Lipinski definition) is 4. The molecule has 1 aromatic rings. The number of nitrogens with zero attached hydrogens (tertiary/aromatic N) is 2. The van der Waals surface area contributed by atoms with Crippen LogP contribution in [0.1, 0.15) is 17.2 Å². The third kappa shape index (κ3) is 4.67. The van der Waals surface area contributed by atoms with E-state index >= 15 is 0 Å². The first-order chi connectivity index (χ1) is 10.4. The van der Waals surface area contributed by atoms with E-state index in [9.17, 15) is 18.3 Å². The molecule has 4 nitrogen and oxygen atoms in total. The molecule has 0 bridgehead atoms. The minimum Gasteiger partial charge on any atom is -0.395 e. The molecule has 22 heavy (non-hydrogen) atoms. The minimum atomic E-state index is -4.35. The Morgan fingerprint density at radius 3 is 2.05 bits per heavy atom. The molecule has 1 aliphatic rings. The molecule has 7 heteroatoms. The Morgan fingerprint density at radius 1 is 1.00 bits per heavy atom. The molecule has 0 unspecified atom stereocenters. The molecule has 1 saturated heterocycles. The summed E-state index contributed by atoms with van der Waals surface area (Å²) in [4.78, 5) is 4.22. The predicted octanol–water partition coefficient (Wildman–Crippen LogP) is 1.35. The Hall–Kier alpha value is -1.15. The van der Waals surface area contributed by atoms with Crippen molar-refractivity contribution < 1.29 is 23.4 Å². The number of alkyl halides is 3. The number of aliphatic hydroxyl groups is 2. The third-order valence-electron chi connectivity index (χ3n) is 3.94. The fourth-order valence-corrected chi connectivity index (χ4v) is 2.58. The summed E-state index contributed by atoms with van der Waals surface area (Å²) in [5, 5.41) is 19.0. The van der Waals surface area contributed by atoms with Gasteiger partial charge >= 0.3 is 6.18 Å². The largest absolute Gasteiger partial charge is 0.416 e. The topological polar surface area (TPSA) is 46.9 Å². The summed E-state index contributed by atoms with van der Waals surface area (Å²) in [6.45, 7) is 4.37. The quantitative estimate of drug-likeness (QED) is 0.860. The van der Waals surface area contributed by atoms with Crippen molar-refractivity contribution in [3.8, 4) is 0 Å². The summed E-state index contributed by atoms with van der Waals surface area (Å²) in [7, 11) is 0. The van der Waals surface area contributed by atoms with Gasteiger partial charge in [-0.05, 0) is 17.7 Å². The number of benzene rings is 1. The zero-order chi connectivity index (χ0) is 16.2. The van der Waals surface area contributed by atoms with E-state index in [4.69, 9.17) is 5.11 Å². The Balaban J connectivity index is 1.86. The second-order valence-electron chi connectivity index (χ2n) is 5.50. The second-order valence-corrected chi connectivity index (χ2v) is 5.50. The van der Waals surface area contributed by atoms with Crippen LogP contribution < -0.4 is 0 Å². The van der Waals surface area contributed by atoms with Gasteiger partial charge in [-0.15, -0.1) is 0 Å². The highest BCUT2D eigenvalue weighted by Gasteiger charge is 2.30. The molecule has 1 aliphatic heterocycles. The van der Waals surface area contributed by atoms with E-state index < -0.39 is 17.8 Å². The average molecular weight is 318 g/mol. The summed E-state index contributed by atoms with van der Waals surface area (Å²) in [5.41, 5.74) is -0.216. The number of piperazine rings is 1. The minimum absolute atomic E-state index is 0.133. The van der Waals surface area contributed by atoms with Gasteiger partial charge in [0, 0.05) is 39.3 Å². The van der Waals surface area contributed by atoms with Gasteiger partial charge in [0.05, 0.1) is 18.3 Å². The third-order valence-corrected chi connectivity index (χ3v) is 3.94. The fourth-order valence-electron chi connectivity index (χ4n) is 2.58. The molecule has 0 saturated carbocycles. The predicted molar refractivity (Wildman–Crippen MR) is 76.4 cm³/mol. The van der Waals surface area contributed by atoms with Crippen LogP contribution in [0.3, 0.4) is 0 Å². The van der Waals surface area contributed by atoms with Gasteiger partial charge in [-0.1, -0.05) is 12.1 Å². The fraction of sp³-hybridized carbons (Fsp3) is 0.600. The molecular weight excluding hydrogens is 297 g/mol. The van der Waals surface area contributed by atoms with Crippen LogP contribution in [-0.4, -0.2) is 65.9 Å². The second kappa shape index (κ2) is 7.41. The number of β-amino-alcohol motifs (C(OH)–C–C–N with tert-alkyl or cyclic N) is 2. The summed E-state index contributed by atoms with van der Waals surface area (Å²) in [6.07, 6.45) is -5.15. The smallest absolute Gasteiger partial charge is 0.395 e. The van der Waals surface area contributed by atoms with Crippen molar-refractivity contribution in [3.63, 3.8) is 0 Å². The molecule has 0 aromatic heterocycles. The molecule has 1 atom stereocenters. The van der Waals surface area contributed by atoms with Crippen molar-refractivity contribution in [3.05, 3.63) is 35.4 Å². The number of halogens is 3. The maximum Gasteiger partial charge on any atom is 0.416 e. The van der Waals surface area contributed by atoms with Crippen LogP contribution in [-0.2, 0) is 6.18 Å². The van der Waals surface area contributed by atoms with Crippen LogP contribution in [0.25, 0.3) is 0 Å². The van der Waals surface area contributed by atoms with Gasteiger partial charge in [-0.25, -0.2) is 0 Å². The van der Waals surface area contributed by atoms with E-state index in [-0.39, 0.29) is 6.61 Å². The van der Waals surface area contributed by atoms with E-state index in [0.717, 1.165) is 38.3 Å². The zero-order valence-corrected chi connectivity index (χ0v) is 12.3. The first-order valence-electron chi connectivity index (χ1n) is 7.31. The van der Waals surface area contributed by atoms with Crippen LogP contribution >= 0.6 is 0 Å². The first kappa shape index (κ1) is 17.2. The molecule has 0 aliphatic carbocycles. The number of hydrogen-bond donors (Lipinski definition) is 2. The monoisotopic (exact) mass is 318 g/mol. The number of rotatable bonds is 5. The van der Waals surface area contributed by atoms with Crippen molar-refractivity contribution >= 4 is 0 Å². The van der Waals surface area contributed by atoms with Gasteiger partial charge in [0.1, 0.15) is 0 Å². The molecule has 0 radical (unpaired) electrons. The maximum atomic E-state index is 12.5. The van der Waals surface area contributed by atoms with Gasteiger partial charge in [0.25, 0.3) is 0 Å². The number of aliphatic hydroxyl groups excluding tert-OH is 2. The normalized spacial score (nSPS) is 19.3. The molecule has 2 rings (SSSR count). The van der Waals surface area contributed by atoms with E-state index in [1.165, 1.54) is 12.1 Å². The molecule has 2 N–H and O–H groups in total. The van der Waals surface area contributed by atoms with Gasteiger partial charge in [-0.3, -0.25) is 9.80 Å². The zero-order valence-electron chi connectivity index (χ0n) is 12.3. The Bertz CT molecular complexity index is 457. The van der Waals surface area contributed by atoms with Crippen molar-refractivity contribution in [2.75, 3.05) is 45.9 Å². The molecule has 0 spiro atoms. The Morgan fingerprint density at radius 2 is 1.55 bits per heavy atom. The van der Waals surface area contributed by atoms with E-state index in [0.29, 0.717) is 18.7 Å². The highest BCUT2D eigenvalue weighted by Crippen LogP contribution is 2.30. The summed E-state index contributed by atoms with van der Waals surface area (Å²) in [5.74, 6) is 0. The molecule has 0 amide bonds. The van der Waals surface area contributed by atoms with Gasteiger partial charge in [0.2, 0.25) is 0 Å². The lowest BCUT2D eigenvalue weighted by molar-refractivity contribution is -0.137. The molecule has 1 heterocycles. The molecule has 1 fully saturated rings. The van der Waals surface area contributed by atoms with Crippen LogP contribution in [0.15, 0.2) is 24.3 Å². The molecule has 1 aromatic carbocycles. The van der Waals surface area contributed by atoms with E-state index in [2.05, 4.69) is 9.80 Å². The van der Waals surface area contributed by atoms with Crippen molar-refractivity contribution in [2.45, 2.75) is 12.3 Å². The van der Waals surface area contributed by atoms with Gasteiger partial charge in [-0.2, -0.15) is 13.2 Å². The van der Waals surface area contributed by atoms with Crippen molar-refractivity contribution in [1.82, 2.24) is 9.80 Å². The molecule has 124 valence electrons. The van der Waals surface area contributed by atoms with Crippen molar-refractivity contribution in [2.24, 2.45) is 0 Å². The Kier molecular flexibility index (Phi) is 5.80. The SMILES string of the molecule is OCCN1CCN(C[C@H](O)c2ccc(C(F)(F)F)cc2)CC1. The highest BCUT2D eigenvalue weighted by atomic mass is 19.4. The summed E-state index contributed by atoms with van der Waals surface area (Å²) in [6, 6.07) is 4.65. The van der Waals surface area contributed by atoms with Gasteiger partial charge < -0.3 is 10.2 Å². The van der Waals surface area contributed by atoms with Crippen LogP contribution in [0.2, 0.25) is 0 Å². The standard InChI is InChI=1S/C15H21F3N2O2/c16-15(17,18)13-3-1-12(2-4-13)14(22)11-20-7-5-19(6-8-20)9-10-21/h1-4,14,21-22H,5-11H2/t14-/m0/s1. The van der Waals surface area contributed by atoms with Crippen LogP contribution in [0.4, 0.5) is 13.2 Å². The lowest BCUT2D eigenvalue weighted by Crippen LogP contribution is -2.48. The maximum absolute atomic E-state index is 12.5. The lowest BCUT2D eigenvalue weighted by Gasteiger charge is -2.35. The first-order valence-corrected chi connectivity index (χ1v) is 7.31. The molecular formula is C15H21F3N2O2. The van der Waals surface area contributed by atoms with Gasteiger partial charge in [0.15, 0.2) is 0 Å². The van der Waals surface area contributed by atoms with E-state index in [1.807, 2.05) is 0 Å². The van der Waals surface area contributed by atoms with Crippen LogP contribution in [0.5, 0.6) is 0 Å².